The molecule has 128 valence electrons. The highest BCUT2D eigenvalue weighted by Crippen LogP contribution is 2.26. The second-order valence-electron chi connectivity index (χ2n) is 6.66. The molecular formula is C16H27N5O2. The molecule has 7 nitrogen and oxygen atoms in total. The highest BCUT2D eigenvalue weighted by molar-refractivity contribution is 5.79. The largest absolute Gasteiger partial charge is 0.378 e. The van der Waals surface area contributed by atoms with Gasteiger partial charge in [0.05, 0.1) is 25.7 Å². The van der Waals surface area contributed by atoms with Gasteiger partial charge in [-0.05, 0) is 5.92 Å². The Morgan fingerprint density at radius 3 is 2.57 bits per heavy atom. The lowest BCUT2D eigenvalue weighted by Crippen LogP contribution is -2.45. The van der Waals surface area contributed by atoms with Gasteiger partial charge in [0.2, 0.25) is 5.91 Å². The Kier molecular flexibility index (Phi) is 4.96. The second kappa shape index (κ2) is 6.97. The number of likely N-dealkylation sites (tertiary alicyclic amines) is 1. The molecular weight excluding hydrogens is 294 g/mol. The summed E-state index contributed by atoms with van der Waals surface area (Å²) >= 11 is 0. The number of morpholine rings is 1. The van der Waals surface area contributed by atoms with Crippen LogP contribution < -0.4 is 0 Å². The fraction of sp³-hybridized carbons (Fsp3) is 0.812. The molecule has 2 aliphatic heterocycles. The molecule has 0 saturated carbocycles. The van der Waals surface area contributed by atoms with Crippen molar-refractivity contribution in [2.75, 3.05) is 39.4 Å². The molecule has 2 fully saturated rings. The van der Waals surface area contributed by atoms with E-state index in [-0.39, 0.29) is 11.8 Å². The minimum absolute atomic E-state index is 0.0898. The van der Waals surface area contributed by atoms with Crippen LogP contribution in [0.5, 0.6) is 0 Å². The molecule has 0 bridgehead atoms. The maximum Gasteiger partial charge on any atom is 0.227 e. The van der Waals surface area contributed by atoms with Gasteiger partial charge < -0.3 is 14.2 Å². The number of amides is 1. The van der Waals surface area contributed by atoms with Crippen LogP contribution >= 0.6 is 0 Å². The molecule has 7 heteroatoms. The predicted molar refractivity (Wildman–Crippen MR) is 85.7 cm³/mol. The van der Waals surface area contributed by atoms with Gasteiger partial charge >= 0.3 is 0 Å². The first-order chi connectivity index (χ1) is 11.1. The zero-order valence-electron chi connectivity index (χ0n) is 14.4. The summed E-state index contributed by atoms with van der Waals surface area (Å²) in [5.41, 5.74) is 0. The topological polar surface area (TPSA) is 63.5 Å². The Labute approximate surface area is 137 Å². The van der Waals surface area contributed by atoms with Crippen LogP contribution in [0.25, 0.3) is 0 Å². The third-order valence-electron chi connectivity index (χ3n) is 5.06. The third kappa shape index (κ3) is 3.40. The lowest BCUT2D eigenvalue weighted by Gasteiger charge is -2.30. The summed E-state index contributed by atoms with van der Waals surface area (Å²) in [5.74, 6) is 2.74. The SMILES string of the molecule is CCc1nnc(CN2C[C@@H](C)[C@H](C(=O)N3CCOCC3)C2)n1C. The quantitative estimate of drug-likeness (QED) is 0.798. The Bertz CT molecular complexity index is 553. The maximum atomic E-state index is 12.7. The highest BCUT2D eigenvalue weighted by atomic mass is 16.5. The normalized spacial score (nSPS) is 26.0. The van der Waals surface area contributed by atoms with Crippen molar-refractivity contribution in [2.45, 2.75) is 26.8 Å². The van der Waals surface area contributed by atoms with Gasteiger partial charge in [0.25, 0.3) is 0 Å². The fourth-order valence-corrected chi connectivity index (χ4v) is 3.58. The molecule has 0 N–H and O–H groups in total. The molecule has 2 atom stereocenters. The first-order valence-corrected chi connectivity index (χ1v) is 8.56. The van der Waals surface area contributed by atoms with E-state index in [0.29, 0.717) is 19.1 Å². The van der Waals surface area contributed by atoms with Crippen molar-refractivity contribution in [3.63, 3.8) is 0 Å². The van der Waals surface area contributed by atoms with E-state index in [9.17, 15) is 4.79 Å². The lowest BCUT2D eigenvalue weighted by atomic mass is 9.96. The average molecular weight is 321 g/mol. The molecule has 1 amide bonds. The standard InChI is InChI=1S/C16H27N5O2/c1-4-14-17-18-15(19(14)3)11-20-9-12(2)13(10-20)16(22)21-5-7-23-8-6-21/h12-13H,4-11H2,1-3H3/t12-,13-/m1/s1. The van der Waals surface area contributed by atoms with Crippen molar-refractivity contribution < 1.29 is 9.53 Å². The van der Waals surface area contributed by atoms with Crippen LogP contribution in [-0.2, 0) is 29.5 Å². The Morgan fingerprint density at radius 1 is 1.22 bits per heavy atom. The number of ether oxygens (including phenoxy) is 1. The third-order valence-corrected chi connectivity index (χ3v) is 5.06. The summed E-state index contributed by atoms with van der Waals surface area (Å²) in [7, 11) is 2.02. The molecule has 0 spiro atoms. The summed E-state index contributed by atoms with van der Waals surface area (Å²) in [4.78, 5) is 17.0. The Morgan fingerprint density at radius 2 is 1.91 bits per heavy atom. The second-order valence-corrected chi connectivity index (χ2v) is 6.66. The van der Waals surface area contributed by atoms with Gasteiger partial charge in [0.15, 0.2) is 0 Å². The van der Waals surface area contributed by atoms with Crippen LogP contribution in [0.2, 0.25) is 0 Å². The van der Waals surface area contributed by atoms with Gasteiger partial charge in [0, 0.05) is 39.6 Å². The van der Waals surface area contributed by atoms with Gasteiger partial charge in [-0.25, -0.2) is 0 Å². The van der Waals surface area contributed by atoms with Crippen molar-refractivity contribution in [1.29, 1.82) is 0 Å². The van der Waals surface area contributed by atoms with Crippen LogP contribution in [-0.4, -0.2) is 69.9 Å². The Hall–Kier alpha value is -1.47. The molecule has 2 saturated heterocycles. The maximum absolute atomic E-state index is 12.7. The van der Waals surface area contributed by atoms with Crippen LogP contribution in [0.1, 0.15) is 25.5 Å². The number of carbonyl (C=O) groups excluding carboxylic acids is 1. The van der Waals surface area contributed by atoms with Crippen LogP contribution in [0.4, 0.5) is 0 Å². The molecule has 2 aliphatic rings. The number of hydrogen-bond donors (Lipinski definition) is 0. The molecule has 0 unspecified atom stereocenters. The summed E-state index contributed by atoms with van der Waals surface area (Å²) < 4.78 is 7.41. The highest BCUT2D eigenvalue weighted by Gasteiger charge is 2.37. The van der Waals surface area contributed by atoms with Gasteiger partial charge in [0.1, 0.15) is 11.6 Å². The zero-order chi connectivity index (χ0) is 16.4. The van der Waals surface area contributed by atoms with Crippen molar-refractivity contribution in [3.8, 4) is 0 Å². The summed E-state index contributed by atoms with van der Waals surface area (Å²) in [6, 6.07) is 0. The van der Waals surface area contributed by atoms with Gasteiger partial charge in [-0.3, -0.25) is 9.69 Å². The van der Waals surface area contributed by atoms with Crippen molar-refractivity contribution >= 4 is 5.91 Å². The molecule has 1 aromatic rings. The molecule has 3 rings (SSSR count). The van der Waals surface area contributed by atoms with E-state index in [1.165, 1.54) is 0 Å². The molecule has 1 aromatic heterocycles. The molecule has 0 radical (unpaired) electrons. The van der Waals surface area contributed by atoms with Gasteiger partial charge in [-0.2, -0.15) is 0 Å². The number of aromatic nitrogens is 3. The number of carbonyl (C=O) groups is 1. The van der Waals surface area contributed by atoms with E-state index in [1.54, 1.807) is 0 Å². The van der Waals surface area contributed by atoms with Crippen molar-refractivity contribution in [1.82, 2.24) is 24.6 Å². The smallest absolute Gasteiger partial charge is 0.227 e. The van der Waals surface area contributed by atoms with E-state index in [1.807, 2.05) is 11.9 Å². The van der Waals surface area contributed by atoms with Gasteiger partial charge in [-0.15, -0.1) is 10.2 Å². The Balaban J connectivity index is 1.61. The summed E-state index contributed by atoms with van der Waals surface area (Å²) in [6.07, 6.45) is 0.887. The minimum atomic E-state index is 0.0898. The molecule has 3 heterocycles. The van der Waals surface area contributed by atoms with Crippen molar-refractivity contribution in [2.24, 2.45) is 18.9 Å². The number of aryl methyl sites for hydroxylation is 1. The van der Waals surface area contributed by atoms with E-state index < -0.39 is 0 Å². The zero-order valence-corrected chi connectivity index (χ0v) is 14.4. The van der Waals surface area contributed by atoms with Crippen LogP contribution in [0, 0.1) is 11.8 Å². The number of nitrogens with zero attached hydrogens (tertiary/aromatic N) is 5. The van der Waals surface area contributed by atoms with E-state index in [0.717, 1.165) is 50.8 Å². The number of hydrogen-bond acceptors (Lipinski definition) is 5. The number of rotatable bonds is 4. The fourth-order valence-electron chi connectivity index (χ4n) is 3.58. The van der Waals surface area contributed by atoms with Crippen molar-refractivity contribution in [3.05, 3.63) is 11.6 Å². The van der Waals surface area contributed by atoms with Gasteiger partial charge in [-0.1, -0.05) is 13.8 Å². The van der Waals surface area contributed by atoms with E-state index in [2.05, 4.69) is 33.5 Å². The van der Waals surface area contributed by atoms with E-state index >= 15 is 0 Å². The first kappa shape index (κ1) is 16.4. The van der Waals surface area contributed by atoms with E-state index in [4.69, 9.17) is 4.74 Å². The first-order valence-electron chi connectivity index (χ1n) is 8.56. The minimum Gasteiger partial charge on any atom is -0.378 e. The van der Waals surface area contributed by atoms with Crippen LogP contribution in [0.3, 0.4) is 0 Å². The lowest BCUT2D eigenvalue weighted by molar-refractivity contribution is -0.140. The monoisotopic (exact) mass is 321 g/mol. The summed E-state index contributed by atoms with van der Waals surface area (Å²) in [5, 5.41) is 8.51. The molecule has 0 aliphatic carbocycles. The molecule has 23 heavy (non-hydrogen) atoms. The average Bonchev–Trinajstić information content (AvgIpc) is 3.11. The van der Waals surface area contributed by atoms with Crippen LogP contribution in [0.15, 0.2) is 0 Å². The molecule has 0 aromatic carbocycles. The predicted octanol–water partition coefficient (Wildman–Crippen LogP) is 0.304. The summed E-state index contributed by atoms with van der Waals surface area (Å²) in [6.45, 7) is 9.56.